The number of hydrogen-bond donors (Lipinski definition) is 2. The number of amides is 1. The lowest BCUT2D eigenvalue weighted by molar-refractivity contribution is -0.132. The molecule has 1 atom stereocenters. The number of nitrogens with one attached hydrogen (secondary N) is 1. The lowest BCUT2D eigenvalue weighted by atomic mass is 10.1. The molecular weight excluding hydrogens is 268 g/mol. The molecule has 5 nitrogen and oxygen atoms in total. The van der Waals surface area contributed by atoms with Crippen molar-refractivity contribution in [3.05, 3.63) is 29.8 Å². The van der Waals surface area contributed by atoms with Crippen LogP contribution in [0.1, 0.15) is 25.8 Å². The van der Waals surface area contributed by atoms with E-state index in [1.54, 1.807) is 12.0 Å². The van der Waals surface area contributed by atoms with E-state index < -0.39 is 0 Å². The Hall–Kier alpha value is -1.59. The second-order valence-corrected chi connectivity index (χ2v) is 5.01. The Bertz CT molecular complexity index is 437. The molecule has 118 valence electrons. The average molecular weight is 294 g/mol. The first-order valence-corrected chi connectivity index (χ1v) is 7.36. The van der Waals surface area contributed by atoms with Crippen LogP contribution in [0.3, 0.4) is 0 Å². The summed E-state index contributed by atoms with van der Waals surface area (Å²) in [6.45, 7) is 5.57. The van der Waals surface area contributed by atoms with Crippen molar-refractivity contribution in [2.24, 2.45) is 0 Å². The number of hydrogen-bond acceptors (Lipinski definition) is 4. The second-order valence-electron chi connectivity index (χ2n) is 5.01. The lowest BCUT2D eigenvalue weighted by Gasteiger charge is -2.24. The van der Waals surface area contributed by atoms with Gasteiger partial charge >= 0.3 is 0 Å². The molecule has 1 unspecified atom stereocenters. The number of carbonyl (C=O) groups excluding carboxylic acids is 1. The zero-order chi connectivity index (χ0) is 15.7. The fraction of sp³-hybridized carbons (Fsp3) is 0.562. The Morgan fingerprint density at radius 3 is 2.76 bits per heavy atom. The fourth-order valence-electron chi connectivity index (χ4n) is 2.26. The summed E-state index contributed by atoms with van der Waals surface area (Å²) in [5.74, 6) is 0.788. The van der Waals surface area contributed by atoms with E-state index in [1.807, 2.05) is 38.1 Å². The maximum Gasteiger partial charge on any atom is 0.224 e. The van der Waals surface area contributed by atoms with Crippen LogP contribution in [-0.2, 0) is 11.3 Å². The van der Waals surface area contributed by atoms with Crippen molar-refractivity contribution < 1.29 is 14.6 Å². The van der Waals surface area contributed by atoms with Crippen LogP contribution in [0.25, 0.3) is 0 Å². The monoisotopic (exact) mass is 294 g/mol. The summed E-state index contributed by atoms with van der Waals surface area (Å²) in [5, 5.41) is 12.4. The Labute approximate surface area is 126 Å². The molecule has 1 aromatic carbocycles. The van der Waals surface area contributed by atoms with Crippen LogP contribution < -0.4 is 10.1 Å². The van der Waals surface area contributed by atoms with Crippen molar-refractivity contribution in [2.75, 3.05) is 26.8 Å². The van der Waals surface area contributed by atoms with Crippen LogP contribution in [0, 0.1) is 0 Å². The number of para-hydroxylation sites is 1. The molecule has 0 bridgehead atoms. The van der Waals surface area contributed by atoms with Gasteiger partial charge in [-0.1, -0.05) is 25.1 Å². The largest absolute Gasteiger partial charge is 0.496 e. The quantitative estimate of drug-likeness (QED) is 0.723. The smallest absolute Gasteiger partial charge is 0.224 e. The van der Waals surface area contributed by atoms with Crippen molar-refractivity contribution in [1.82, 2.24) is 10.2 Å². The highest BCUT2D eigenvalue weighted by Gasteiger charge is 2.17. The van der Waals surface area contributed by atoms with Gasteiger partial charge in [0.15, 0.2) is 0 Å². The molecule has 0 spiro atoms. The first-order valence-electron chi connectivity index (χ1n) is 7.36. The number of aliphatic hydroxyl groups is 1. The summed E-state index contributed by atoms with van der Waals surface area (Å²) >= 11 is 0. The first kappa shape index (κ1) is 17.5. The molecule has 0 saturated carbocycles. The summed E-state index contributed by atoms with van der Waals surface area (Å²) in [7, 11) is 1.62. The van der Waals surface area contributed by atoms with Gasteiger partial charge in [0.05, 0.1) is 13.7 Å². The zero-order valence-electron chi connectivity index (χ0n) is 13.1. The van der Waals surface area contributed by atoms with Crippen molar-refractivity contribution in [1.29, 1.82) is 0 Å². The summed E-state index contributed by atoms with van der Waals surface area (Å²) in [4.78, 5) is 14.0. The van der Waals surface area contributed by atoms with E-state index in [4.69, 9.17) is 4.74 Å². The predicted molar refractivity (Wildman–Crippen MR) is 83.3 cm³/mol. The number of aliphatic hydroxyl groups excluding tert-OH is 1. The topological polar surface area (TPSA) is 61.8 Å². The minimum atomic E-state index is -0.0452. The standard InChI is InChI=1S/C16H26N2O3/c1-4-17-13(2)11-16(20)18(9-10-19)12-14-7-5-6-8-15(14)21-3/h5-8,13,17,19H,4,9-12H2,1-3H3. The lowest BCUT2D eigenvalue weighted by Crippen LogP contribution is -2.38. The van der Waals surface area contributed by atoms with E-state index in [2.05, 4.69) is 5.32 Å². The fourth-order valence-corrected chi connectivity index (χ4v) is 2.26. The Morgan fingerprint density at radius 1 is 1.43 bits per heavy atom. The van der Waals surface area contributed by atoms with Crippen molar-refractivity contribution in [2.45, 2.75) is 32.9 Å². The van der Waals surface area contributed by atoms with E-state index in [0.717, 1.165) is 17.9 Å². The van der Waals surface area contributed by atoms with E-state index in [-0.39, 0.29) is 18.6 Å². The maximum absolute atomic E-state index is 12.4. The van der Waals surface area contributed by atoms with Crippen LogP contribution in [0.2, 0.25) is 0 Å². The number of nitrogens with zero attached hydrogens (tertiary/aromatic N) is 1. The average Bonchev–Trinajstić information content (AvgIpc) is 2.47. The molecule has 0 aliphatic heterocycles. The Kier molecular flexibility index (Phi) is 7.79. The molecule has 1 aromatic rings. The van der Waals surface area contributed by atoms with Gasteiger partial charge in [-0.2, -0.15) is 0 Å². The van der Waals surface area contributed by atoms with Gasteiger partial charge in [0, 0.05) is 31.1 Å². The molecule has 2 N–H and O–H groups in total. The molecule has 1 amide bonds. The highest BCUT2D eigenvalue weighted by Crippen LogP contribution is 2.19. The highest BCUT2D eigenvalue weighted by atomic mass is 16.5. The number of ether oxygens (including phenoxy) is 1. The first-order chi connectivity index (χ1) is 10.1. The molecule has 0 aliphatic rings. The van der Waals surface area contributed by atoms with Crippen LogP contribution in [0.4, 0.5) is 0 Å². The summed E-state index contributed by atoms with van der Waals surface area (Å²) in [6.07, 6.45) is 0.420. The maximum atomic E-state index is 12.4. The number of carbonyl (C=O) groups is 1. The van der Waals surface area contributed by atoms with E-state index >= 15 is 0 Å². The molecule has 5 heteroatoms. The van der Waals surface area contributed by atoms with Gasteiger partial charge in [0.2, 0.25) is 5.91 Å². The van der Waals surface area contributed by atoms with Gasteiger partial charge < -0.3 is 20.1 Å². The third-order valence-corrected chi connectivity index (χ3v) is 3.31. The predicted octanol–water partition coefficient (Wildman–Crippen LogP) is 1.40. The van der Waals surface area contributed by atoms with Crippen LogP contribution >= 0.6 is 0 Å². The van der Waals surface area contributed by atoms with Crippen molar-refractivity contribution in [3.63, 3.8) is 0 Å². The summed E-state index contributed by atoms with van der Waals surface area (Å²) in [5.41, 5.74) is 0.943. The van der Waals surface area contributed by atoms with Crippen molar-refractivity contribution >= 4 is 5.91 Å². The third kappa shape index (κ3) is 5.73. The number of rotatable bonds is 9. The Morgan fingerprint density at radius 2 is 2.14 bits per heavy atom. The molecule has 21 heavy (non-hydrogen) atoms. The van der Waals surface area contributed by atoms with Crippen molar-refractivity contribution in [3.8, 4) is 5.75 Å². The zero-order valence-corrected chi connectivity index (χ0v) is 13.1. The molecule has 0 aromatic heterocycles. The van der Waals surface area contributed by atoms with Gasteiger partial charge in [-0.05, 0) is 19.5 Å². The number of benzene rings is 1. The highest BCUT2D eigenvalue weighted by molar-refractivity contribution is 5.76. The molecular formula is C16H26N2O3. The summed E-state index contributed by atoms with van der Waals surface area (Å²) < 4.78 is 5.31. The second kappa shape index (κ2) is 9.37. The minimum absolute atomic E-state index is 0.0309. The SMILES string of the molecule is CCNC(C)CC(=O)N(CCO)Cc1ccccc1OC. The van der Waals surface area contributed by atoms with Gasteiger partial charge in [-0.25, -0.2) is 0 Å². The van der Waals surface area contributed by atoms with Gasteiger partial charge in [0.25, 0.3) is 0 Å². The molecule has 0 radical (unpaired) electrons. The van der Waals surface area contributed by atoms with Gasteiger partial charge in [0.1, 0.15) is 5.75 Å². The van der Waals surface area contributed by atoms with Gasteiger partial charge in [-0.15, -0.1) is 0 Å². The molecule has 0 heterocycles. The van der Waals surface area contributed by atoms with Gasteiger partial charge in [-0.3, -0.25) is 4.79 Å². The molecule has 1 rings (SSSR count). The molecule has 0 saturated heterocycles. The number of methoxy groups -OCH3 is 1. The summed E-state index contributed by atoms with van der Waals surface area (Å²) in [6, 6.07) is 7.75. The molecule has 0 fully saturated rings. The third-order valence-electron chi connectivity index (χ3n) is 3.31. The van der Waals surface area contributed by atoms with Crippen LogP contribution in [-0.4, -0.2) is 48.8 Å². The minimum Gasteiger partial charge on any atom is -0.496 e. The molecule has 0 aliphatic carbocycles. The van der Waals surface area contributed by atoms with E-state index in [9.17, 15) is 9.90 Å². The Balaban J connectivity index is 2.74. The van der Waals surface area contributed by atoms with Crippen LogP contribution in [0.5, 0.6) is 5.75 Å². The van der Waals surface area contributed by atoms with E-state index in [1.165, 1.54) is 0 Å². The van der Waals surface area contributed by atoms with E-state index in [0.29, 0.717) is 19.5 Å². The van der Waals surface area contributed by atoms with Crippen LogP contribution in [0.15, 0.2) is 24.3 Å². The normalized spacial score (nSPS) is 12.0.